The van der Waals surface area contributed by atoms with E-state index < -0.39 is 0 Å². The van der Waals surface area contributed by atoms with Crippen molar-refractivity contribution in [3.63, 3.8) is 0 Å². The molecule has 1 aliphatic rings. The number of rotatable bonds is 3. The van der Waals surface area contributed by atoms with Gasteiger partial charge in [-0.2, -0.15) is 0 Å². The van der Waals surface area contributed by atoms with Crippen molar-refractivity contribution in [2.75, 3.05) is 6.61 Å². The van der Waals surface area contributed by atoms with Gasteiger partial charge in [-0.3, -0.25) is 0 Å². The molecule has 0 radical (unpaired) electrons. The molecule has 0 bridgehead atoms. The summed E-state index contributed by atoms with van der Waals surface area (Å²) in [7, 11) is 1.10. The summed E-state index contributed by atoms with van der Waals surface area (Å²) < 4.78 is 5.77. The molecule has 2 nitrogen and oxygen atoms in total. The second-order valence-electron chi connectivity index (χ2n) is 4.14. The average molecular weight is 188 g/mol. The molecule has 0 amide bonds. The highest BCUT2D eigenvalue weighted by Gasteiger charge is 2.27. The van der Waals surface area contributed by atoms with Gasteiger partial charge in [0.1, 0.15) is 0 Å². The minimum atomic E-state index is -0.165. The molecule has 1 rings (SSSR count). The first kappa shape index (κ1) is 10.2. The predicted molar refractivity (Wildman–Crippen MR) is 53.4 cm³/mol. The lowest BCUT2D eigenvalue weighted by Gasteiger charge is -2.34. The molecule has 0 aromatic heterocycles. The van der Waals surface area contributed by atoms with Crippen LogP contribution in [0.4, 0.5) is 0 Å². The van der Waals surface area contributed by atoms with Crippen LogP contribution in [0.3, 0.4) is 0 Å². The monoisotopic (exact) mass is 188 g/mol. The maximum Gasteiger partial charge on any atom is 0.0513 e. The van der Waals surface area contributed by atoms with Crippen LogP contribution in [-0.4, -0.2) is 33.3 Å². The molecule has 1 fully saturated rings. The lowest BCUT2D eigenvalue weighted by atomic mass is 10.0. The minimum Gasteiger partial charge on any atom is -0.393 e. The van der Waals surface area contributed by atoms with E-state index in [9.17, 15) is 0 Å². The van der Waals surface area contributed by atoms with Crippen molar-refractivity contribution < 1.29 is 9.84 Å². The molecule has 0 aromatic carbocycles. The zero-order valence-corrected chi connectivity index (χ0v) is 10.2. The second kappa shape index (κ2) is 4.39. The van der Waals surface area contributed by atoms with Crippen molar-refractivity contribution in [1.29, 1.82) is 0 Å². The summed E-state index contributed by atoms with van der Waals surface area (Å²) in [4.78, 5) is 0. The van der Waals surface area contributed by atoms with E-state index in [2.05, 4.69) is 0 Å². The largest absolute Gasteiger partial charge is 0.393 e. The SMILES string of the molecule is CC(O)CCC1([SiH3])CCCCO1. The Labute approximate surface area is 77.7 Å². The summed E-state index contributed by atoms with van der Waals surface area (Å²) in [5.74, 6) is 0. The van der Waals surface area contributed by atoms with Crippen molar-refractivity contribution >= 4 is 10.2 Å². The molecule has 1 aliphatic heterocycles. The fourth-order valence-corrected chi connectivity index (χ4v) is 2.55. The Balaban J connectivity index is 2.26. The van der Waals surface area contributed by atoms with Crippen LogP contribution in [0.5, 0.6) is 0 Å². The lowest BCUT2D eigenvalue weighted by molar-refractivity contribution is -0.0292. The zero-order valence-electron chi connectivity index (χ0n) is 8.18. The third-order valence-electron chi connectivity index (χ3n) is 2.64. The Bertz CT molecular complexity index is 130. The fraction of sp³-hybridized carbons (Fsp3) is 1.00. The van der Waals surface area contributed by atoms with Gasteiger partial charge in [0.25, 0.3) is 0 Å². The number of hydrogen-bond donors (Lipinski definition) is 1. The van der Waals surface area contributed by atoms with Crippen molar-refractivity contribution in [2.45, 2.75) is 50.4 Å². The predicted octanol–water partition coefficient (Wildman–Crippen LogP) is 0.410. The van der Waals surface area contributed by atoms with E-state index in [1.54, 1.807) is 0 Å². The smallest absolute Gasteiger partial charge is 0.0513 e. The molecule has 2 unspecified atom stereocenters. The van der Waals surface area contributed by atoms with Crippen molar-refractivity contribution in [2.24, 2.45) is 0 Å². The molecule has 0 saturated carbocycles. The molecule has 2 atom stereocenters. The standard InChI is InChI=1S/C9H20O2Si/c1-8(10)4-6-9(12)5-2-3-7-11-9/h8,10H,2-7H2,1,12H3. The summed E-state index contributed by atoms with van der Waals surface area (Å²) in [6.07, 6.45) is 5.52. The van der Waals surface area contributed by atoms with Crippen LogP contribution in [-0.2, 0) is 4.74 Å². The van der Waals surface area contributed by atoms with Gasteiger partial charge < -0.3 is 9.84 Å². The quantitative estimate of drug-likeness (QED) is 0.650. The van der Waals surface area contributed by atoms with E-state index in [0.29, 0.717) is 0 Å². The maximum atomic E-state index is 9.16. The first-order chi connectivity index (χ1) is 5.62. The Hall–Kier alpha value is 0.137. The molecule has 1 heterocycles. The van der Waals surface area contributed by atoms with E-state index >= 15 is 0 Å². The van der Waals surface area contributed by atoms with E-state index in [1.807, 2.05) is 6.92 Å². The molecule has 3 heteroatoms. The van der Waals surface area contributed by atoms with Crippen LogP contribution in [0.15, 0.2) is 0 Å². The molecule has 12 heavy (non-hydrogen) atoms. The second-order valence-corrected chi connectivity index (χ2v) is 5.97. The van der Waals surface area contributed by atoms with Gasteiger partial charge in [-0.05, 0) is 39.0 Å². The highest BCUT2D eigenvalue weighted by Crippen LogP contribution is 2.26. The van der Waals surface area contributed by atoms with Gasteiger partial charge in [-0.15, -0.1) is 0 Å². The number of hydrogen-bond acceptors (Lipinski definition) is 2. The summed E-state index contributed by atoms with van der Waals surface area (Å²) in [5.41, 5.74) is 0. The Morgan fingerprint density at radius 1 is 1.58 bits per heavy atom. The maximum absolute atomic E-state index is 9.16. The highest BCUT2D eigenvalue weighted by molar-refractivity contribution is 6.14. The molecule has 1 N–H and O–H groups in total. The number of aliphatic hydroxyl groups excluding tert-OH is 1. The molecular formula is C9H20O2Si. The van der Waals surface area contributed by atoms with Gasteiger partial charge >= 0.3 is 0 Å². The molecule has 0 spiro atoms. The van der Waals surface area contributed by atoms with Crippen LogP contribution >= 0.6 is 0 Å². The Kier molecular flexibility index (Phi) is 3.74. The third kappa shape index (κ3) is 3.25. The molecule has 0 aliphatic carbocycles. The molecular weight excluding hydrogens is 168 g/mol. The van der Waals surface area contributed by atoms with Crippen molar-refractivity contribution in [1.82, 2.24) is 0 Å². The van der Waals surface area contributed by atoms with Gasteiger partial charge in [-0.1, -0.05) is 0 Å². The van der Waals surface area contributed by atoms with Gasteiger partial charge in [0.2, 0.25) is 0 Å². The van der Waals surface area contributed by atoms with E-state index in [0.717, 1.165) is 29.7 Å². The summed E-state index contributed by atoms with van der Waals surface area (Å²) in [5, 5.41) is 9.35. The summed E-state index contributed by atoms with van der Waals surface area (Å²) >= 11 is 0. The van der Waals surface area contributed by atoms with Crippen molar-refractivity contribution in [3.05, 3.63) is 0 Å². The first-order valence-electron chi connectivity index (χ1n) is 4.94. The van der Waals surface area contributed by atoms with Crippen molar-refractivity contribution in [3.8, 4) is 0 Å². The Morgan fingerprint density at radius 2 is 2.33 bits per heavy atom. The molecule has 0 aromatic rings. The third-order valence-corrected chi connectivity index (χ3v) is 3.93. The van der Waals surface area contributed by atoms with Gasteiger partial charge in [0, 0.05) is 22.1 Å². The summed E-state index contributed by atoms with van der Waals surface area (Å²) in [6, 6.07) is 0. The fourth-order valence-electron chi connectivity index (χ4n) is 1.70. The van der Waals surface area contributed by atoms with Crippen LogP contribution in [0.1, 0.15) is 39.0 Å². The number of ether oxygens (including phenoxy) is 1. The topological polar surface area (TPSA) is 29.5 Å². The first-order valence-corrected chi connectivity index (χ1v) is 5.94. The van der Waals surface area contributed by atoms with Gasteiger partial charge in [0.05, 0.1) is 6.10 Å². The van der Waals surface area contributed by atoms with Crippen LogP contribution in [0.2, 0.25) is 0 Å². The zero-order chi connectivity index (χ0) is 9.03. The van der Waals surface area contributed by atoms with Gasteiger partial charge in [-0.25, -0.2) is 0 Å². The normalized spacial score (nSPS) is 33.5. The summed E-state index contributed by atoms with van der Waals surface area (Å²) in [6.45, 7) is 2.79. The van der Waals surface area contributed by atoms with Crippen LogP contribution in [0, 0.1) is 0 Å². The molecule has 72 valence electrons. The van der Waals surface area contributed by atoms with Crippen LogP contribution < -0.4 is 0 Å². The highest BCUT2D eigenvalue weighted by atomic mass is 28.1. The minimum absolute atomic E-state index is 0.165. The number of aliphatic hydroxyl groups is 1. The van der Waals surface area contributed by atoms with E-state index in [1.165, 1.54) is 19.3 Å². The lowest BCUT2D eigenvalue weighted by Crippen LogP contribution is -2.37. The van der Waals surface area contributed by atoms with Gasteiger partial charge in [0.15, 0.2) is 0 Å². The molecule has 1 saturated heterocycles. The average Bonchev–Trinajstić information content (AvgIpc) is 2.03. The van der Waals surface area contributed by atoms with E-state index in [4.69, 9.17) is 9.84 Å². The van der Waals surface area contributed by atoms with E-state index in [-0.39, 0.29) is 11.3 Å². The van der Waals surface area contributed by atoms with Crippen LogP contribution in [0.25, 0.3) is 0 Å². The Morgan fingerprint density at radius 3 is 2.83 bits per heavy atom.